The minimum Gasteiger partial charge on any atom is -0.461 e. The molecule has 1 aromatic carbocycles. The molecule has 0 spiro atoms. The lowest BCUT2D eigenvalue weighted by atomic mass is 10.0. The van der Waals surface area contributed by atoms with Crippen LogP contribution in [0.1, 0.15) is 49.5 Å². The van der Waals surface area contributed by atoms with Crippen molar-refractivity contribution >= 4 is 40.2 Å². The molecule has 0 unspecified atom stereocenters. The van der Waals surface area contributed by atoms with Crippen LogP contribution in [0.3, 0.4) is 0 Å². The third kappa shape index (κ3) is 3.28. The largest absolute Gasteiger partial charge is 0.461 e. The van der Waals surface area contributed by atoms with Crippen LogP contribution in [0.15, 0.2) is 23.1 Å². The Morgan fingerprint density at radius 3 is 2.86 bits per heavy atom. The average molecular weight is 338 g/mol. The van der Waals surface area contributed by atoms with Crippen molar-refractivity contribution in [2.45, 2.75) is 49.2 Å². The van der Waals surface area contributed by atoms with Crippen molar-refractivity contribution in [3.05, 3.63) is 28.9 Å². The monoisotopic (exact) mass is 337 g/mol. The molecule has 1 N–H and O–H groups in total. The fourth-order valence-corrected chi connectivity index (χ4v) is 4.58. The molecule has 0 aliphatic heterocycles. The van der Waals surface area contributed by atoms with Crippen LogP contribution in [0.2, 0.25) is 5.02 Å². The van der Waals surface area contributed by atoms with Crippen molar-refractivity contribution < 1.29 is 9.53 Å². The number of carbonyl (C=O) groups excluding carboxylic acids is 1. The molecule has 1 heterocycles. The van der Waals surface area contributed by atoms with Gasteiger partial charge in [-0.15, -0.1) is 11.8 Å². The van der Waals surface area contributed by atoms with E-state index in [1.54, 1.807) is 11.8 Å². The lowest BCUT2D eigenvalue weighted by Crippen LogP contribution is -2.10. The number of fused-ring (bicyclic) bond motifs is 1. The number of benzene rings is 1. The molecule has 118 valence electrons. The van der Waals surface area contributed by atoms with Crippen LogP contribution in [0.25, 0.3) is 10.9 Å². The number of hydrogen-bond donors (Lipinski definition) is 1. The third-order valence-corrected chi connectivity index (χ3v) is 5.73. The number of halogens is 1. The van der Waals surface area contributed by atoms with Crippen molar-refractivity contribution in [2.75, 3.05) is 6.61 Å². The Hall–Kier alpha value is -1.13. The minimum atomic E-state index is -0.284. The molecule has 1 aromatic heterocycles. The molecule has 1 fully saturated rings. The SMILES string of the molecule is CCOC(=O)c1[nH]c2ccc(Cl)cc2c1SC1CCCCC1. The Kier molecular flexibility index (Phi) is 4.99. The van der Waals surface area contributed by atoms with Crippen LogP contribution in [0, 0.1) is 0 Å². The number of thioether (sulfide) groups is 1. The fraction of sp³-hybridized carbons (Fsp3) is 0.471. The standard InChI is InChI=1S/C17H20ClNO2S/c1-2-21-17(20)15-16(22-12-6-4-3-5-7-12)13-10-11(18)8-9-14(13)19-15/h8-10,12,19H,2-7H2,1H3. The van der Waals surface area contributed by atoms with Gasteiger partial charge in [-0.05, 0) is 38.0 Å². The van der Waals surface area contributed by atoms with Crippen LogP contribution in [-0.2, 0) is 4.74 Å². The summed E-state index contributed by atoms with van der Waals surface area (Å²) >= 11 is 7.94. The number of aromatic amines is 1. The van der Waals surface area contributed by atoms with Crippen LogP contribution in [0.4, 0.5) is 0 Å². The summed E-state index contributed by atoms with van der Waals surface area (Å²) in [6.07, 6.45) is 6.28. The molecule has 1 aliphatic rings. The molecule has 22 heavy (non-hydrogen) atoms. The molecule has 3 rings (SSSR count). The summed E-state index contributed by atoms with van der Waals surface area (Å²) in [5.74, 6) is -0.284. The van der Waals surface area contributed by atoms with E-state index >= 15 is 0 Å². The first-order chi connectivity index (χ1) is 10.7. The number of hydrogen-bond acceptors (Lipinski definition) is 3. The number of nitrogens with one attached hydrogen (secondary N) is 1. The van der Waals surface area contributed by atoms with Gasteiger partial charge in [-0.1, -0.05) is 30.9 Å². The predicted molar refractivity (Wildman–Crippen MR) is 92.0 cm³/mol. The Balaban J connectivity index is 2.00. The van der Waals surface area contributed by atoms with E-state index in [2.05, 4.69) is 4.98 Å². The molecule has 0 bridgehead atoms. The summed E-state index contributed by atoms with van der Waals surface area (Å²) in [6.45, 7) is 2.20. The van der Waals surface area contributed by atoms with Gasteiger partial charge in [-0.3, -0.25) is 0 Å². The number of H-pyrrole nitrogens is 1. The number of carbonyl (C=O) groups is 1. The van der Waals surface area contributed by atoms with E-state index in [4.69, 9.17) is 16.3 Å². The fourth-order valence-electron chi connectivity index (χ4n) is 2.96. The lowest BCUT2D eigenvalue weighted by molar-refractivity contribution is 0.0516. The zero-order valence-electron chi connectivity index (χ0n) is 12.7. The highest BCUT2D eigenvalue weighted by Gasteiger charge is 2.23. The quantitative estimate of drug-likeness (QED) is 0.757. The first-order valence-electron chi connectivity index (χ1n) is 7.84. The van der Waals surface area contributed by atoms with Crippen molar-refractivity contribution in [1.82, 2.24) is 4.98 Å². The van der Waals surface area contributed by atoms with E-state index < -0.39 is 0 Å². The zero-order valence-corrected chi connectivity index (χ0v) is 14.2. The number of ether oxygens (including phenoxy) is 1. The maximum absolute atomic E-state index is 12.3. The second-order valence-corrected chi connectivity index (χ2v) is 7.36. The van der Waals surface area contributed by atoms with Gasteiger partial charge in [0.1, 0.15) is 5.69 Å². The molecular formula is C17H20ClNO2S. The second-order valence-electron chi connectivity index (χ2n) is 5.62. The summed E-state index contributed by atoms with van der Waals surface area (Å²) < 4.78 is 5.20. The van der Waals surface area contributed by atoms with Crippen molar-refractivity contribution in [1.29, 1.82) is 0 Å². The minimum absolute atomic E-state index is 0.284. The molecule has 3 nitrogen and oxygen atoms in total. The highest BCUT2D eigenvalue weighted by atomic mass is 35.5. The lowest BCUT2D eigenvalue weighted by Gasteiger charge is -2.21. The third-order valence-electron chi connectivity index (χ3n) is 4.03. The summed E-state index contributed by atoms with van der Waals surface area (Å²) in [5.41, 5.74) is 1.50. The topological polar surface area (TPSA) is 42.1 Å². The summed E-state index contributed by atoms with van der Waals surface area (Å²) in [5, 5.41) is 2.28. The molecule has 0 saturated heterocycles. The Labute approximate surface area is 139 Å². The highest BCUT2D eigenvalue weighted by molar-refractivity contribution is 8.00. The average Bonchev–Trinajstić information content (AvgIpc) is 2.87. The molecule has 1 saturated carbocycles. The molecule has 5 heteroatoms. The van der Waals surface area contributed by atoms with Crippen LogP contribution in [-0.4, -0.2) is 22.8 Å². The Morgan fingerprint density at radius 2 is 2.14 bits per heavy atom. The maximum Gasteiger partial charge on any atom is 0.355 e. The summed E-state index contributed by atoms with van der Waals surface area (Å²) in [6, 6.07) is 5.69. The predicted octanol–water partition coefficient (Wildman–Crippen LogP) is 5.42. The van der Waals surface area contributed by atoms with Crippen molar-refractivity contribution in [3.8, 4) is 0 Å². The molecule has 1 aliphatic carbocycles. The van der Waals surface area contributed by atoms with E-state index in [0.29, 0.717) is 22.6 Å². The molecule has 2 aromatic rings. The van der Waals surface area contributed by atoms with Crippen LogP contribution < -0.4 is 0 Å². The van der Waals surface area contributed by atoms with E-state index in [-0.39, 0.29) is 5.97 Å². The first-order valence-corrected chi connectivity index (χ1v) is 9.09. The van der Waals surface area contributed by atoms with Gasteiger partial charge in [0.25, 0.3) is 0 Å². The van der Waals surface area contributed by atoms with E-state index in [0.717, 1.165) is 15.8 Å². The molecule has 0 atom stereocenters. The summed E-state index contributed by atoms with van der Waals surface area (Å²) in [4.78, 5) is 16.5. The van der Waals surface area contributed by atoms with Crippen LogP contribution in [0.5, 0.6) is 0 Å². The number of rotatable bonds is 4. The first kappa shape index (κ1) is 15.8. The van der Waals surface area contributed by atoms with E-state index in [9.17, 15) is 4.79 Å². The second kappa shape index (κ2) is 6.97. The van der Waals surface area contributed by atoms with Gasteiger partial charge >= 0.3 is 5.97 Å². The Morgan fingerprint density at radius 1 is 1.36 bits per heavy atom. The zero-order chi connectivity index (χ0) is 15.5. The normalized spacial score (nSPS) is 16.1. The van der Waals surface area contributed by atoms with Gasteiger partial charge in [0.2, 0.25) is 0 Å². The molecular weight excluding hydrogens is 318 g/mol. The smallest absolute Gasteiger partial charge is 0.355 e. The van der Waals surface area contributed by atoms with Crippen LogP contribution >= 0.6 is 23.4 Å². The van der Waals surface area contributed by atoms with Gasteiger partial charge in [0.05, 0.1) is 6.61 Å². The van der Waals surface area contributed by atoms with Gasteiger partial charge < -0.3 is 9.72 Å². The number of esters is 1. The van der Waals surface area contributed by atoms with Crippen molar-refractivity contribution in [3.63, 3.8) is 0 Å². The van der Waals surface area contributed by atoms with Gasteiger partial charge in [-0.2, -0.15) is 0 Å². The molecule has 0 radical (unpaired) electrons. The van der Waals surface area contributed by atoms with Gasteiger partial charge in [0, 0.05) is 26.1 Å². The van der Waals surface area contributed by atoms with Crippen molar-refractivity contribution in [2.24, 2.45) is 0 Å². The van der Waals surface area contributed by atoms with Gasteiger partial charge in [-0.25, -0.2) is 4.79 Å². The maximum atomic E-state index is 12.3. The van der Waals surface area contributed by atoms with Gasteiger partial charge in [0.15, 0.2) is 0 Å². The Bertz CT molecular complexity index is 677. The van der Waals surface area contributed by atoms with E-state index in [1.807, 2.05) is 25.1 Å². The molecule has 0 amide bonds. The van der Waals surface area contributed by atoms with E-state index in [1.165, 1.54) is 32.1 Å². The highest BCUT2D eigenvalue weighted by Crippen LogP contribution is 2.40. The number of aromatic nitrogens is 1. The summed E-state index contributed by atoms with van der Waals surface area (Å²) in [7, 11) is 0.